The van der Waals surface area contributed by atoms with E-state index in [1.54, 1.807) is 11.3 Å². The van der Waals surface area contributed by atoms with Crippen LogP contribution in [0.5, 0.6) is 0 Å². The van der Waals surface area contributed by atoms with Crippen LogP contribution in [0.1, 0.15) is 23.6 Å². The molecule has 0 saturated heterocycles. The van der Waals surface area contributed by atoms with Gasteiger partial charge in [0.2, 0.25) is 5.91 Å². The van der Waals surface area contributed by atoms with E-state index in [9.17, 15) is 4.79 Å². The Kier molecular flexibility index (Phi) is 6.57. The van der Waals surface area contributed by atoms with Crippen LogP contribution in [0.25, 0.3) is 0 Å². The number of thiophene rings is 1. The summed E-state index contributed by atoms with van der Waals surface area (Å²) in [4.78, 5) is 15.2. The highest BCUT2D eigenvalue weighted by molar-refractivity contribution is 7.12. The molecule has 5 heteroatoms. The zero-order chi connectivity index (χ0) is 14.3. The first-order valence-corrected chi connectivity index (χ1v) is 7.02. The van der Waals surface area contributed by atoms with E-state index >= 15 is 0 Å². The van der Waals surface area contributed by atoms with Crippen molar-refractivity contribution in [2.24, 2.45) is 11.7 Å². The van der Waals surface area contributed by atoms with E-state index in [2.05, 4.69) is 25.7 Å². The number of carbonyl (C=O) groups is 1. The fourth-order valence-electron chi connectivity index (χ4n) is 1.80. The van der Waals surface area contributed by atoms with Gasteiger partial charge in [0.25, 0.3) is 0 Å². The summed E-state index contributed by atoms with van der Waals surface area (Å²) in [5, 5.41) is 8.65. The number of aliphatic hydroxyl groups is 1. The number of nitrogens with zero attached hydrogens (tertiary/aromatic N) is 1. The number of carbonyl (C=O) groups excluding carboxylic acids is 1. The van der Waals surface area contributed by atoms with Gasteiger partial charge in [0.1, 0.15) is 6.61 Å². The van der Waals surface area contributed by atoms with E-state index in [0.717, 1.165) is 16.3 Å². The maximum absolute atomic E-state index is 11.1. The summed E-state index contributed by atoms with van der Waals surface area (Å²) in [5.74, 6) is 5.67. The van der Waals surface area contributed by atoms with Crippen molar-refractivity contribution in [2.75, 3.05) is 19.7 Å². The Bertz CT molecular complexity index is 471. The fraction of sp³-hybridized carbons (Fsp3) is 0.500. The molecular weight excluding hydrogens is 260 g/mol. The predicted molar refractivity (Wildman–Crippen MR) is 77.6 cm³/mol. The maximum Gasteiger partial charge on any atom is 0.231 e. The molecule has 1 amide bonds. The van der Waals surface area contributed by atoms with E-state index in [4.69, 9.17) is 10.8 Å². The van der Waals surface area contributed by atoms with Gasteiger partial charge < -0.3 is 10.8 Å². The number of hydrogen-bond acceptors (Lipinski definition) is 4. The van der Waals surface area contributed by atoms with Gasteiger partial charge in [-0.1, -0.05) is 25.7 Å². The zero-order valence-electron chi connectivity index (χ0n) is 11.3. The molecule has 0 saturated carbocycles. The van der Waals surface area contributed by atoms with Gasteiger partial charge in [-0.05, 0) is 18.1 Å². The van der Waals surface area contributed by atoms with Crippen molar-refractivity contribution in [1.82, 2.24) is 4.90 Å². The number of rotatable bonds is 6. The van der Waals surface area contributed by atoms with Crippen LogP contribution in [-0.4, -0.2) is 35.6 Å². The Morgan fingerprint density at radius 3 is 2.84 bits per heavy atom. The van der Waals surface area contributed by atoms with Crippen LogP contribution in [0.15, 0.2) is 12.1 Å². The monoisotopic (exact) mass is 280 g/mol. The van der Waals surface area contributed by atoms with Gasteiger partial charge >= 0.3 is 0 Å². The third-order valence-corrected chi connectivity index (χ3v) is 3.32. The Hall–Kier alpha value is -1.35. The molecule has 0 unspecified atom stereocenters. The Morgan fingerprint density at radius 1 is 1.53 bits per heavy atom. The highest BCUT2D eigenvalue weighted by Crippen LogP contribution is 2.18. The lowest BCUT2D eigenvalue weighted by Crippen LogP contribution is -2.35. The molecule has 1 aromatic heterocycles. The van der Waals surface area contributed by atoms with Crippen molar-refractivity contribution < 1.29 is 9.90 Å². The highest BCUT2D eigenvalue weighted by atomic mass is 32.1. The highest BCUT2D eigenvalue weighted by Gasteiger charge is 2.12. The van der Waals surface area contributed by atoms with Crippen molar-refractivity contribution in [1.29, 1.82) is 0 Å². The summed E-state index contributed by atoms with van der Waals surface area (Å²) in [6, 6.07) is 3.93. The minimum Gasteiger partial charge on any atom is -0.384 e. The number of nitrogens with two attached hydrogens (primary N) is 1. The molecule has 0 aliphatic heterocycles. The fourth-order valence-corrected chi connectivity index (χ4v) is 2.72. The van der Waals surface area contributed by atoms with Gasteiger partial charge in [0.05, 0.1) is 11.4 Å². The first kappa shape index (κ1) is 15.7. The number of amides is 1. The number of primary amides is 1. The Labute approximate surface area is 118 Å². The molecular formula is C14H20N2O2S. The van der Waals surface area contributed by atoms with Gasteiger partial charge in [0.15, 0.2) is 0 Å². The van der Waals surface area contributed by atoms with E-state index in [1.807, 2.05) is 17.0 Å². The molecule has 0 aliphatic carbocycles. The van der Waals surface area contributed by atoms with Gasteiger partial charge in [-0.25, -0.2) is 0 Å². The molecule has 4 nitrogen and oxygen atoms in total. The summed E-state index contributed by atoms with van der Waals surface area (Å²) in [5.41, 5.74) is 5.27. The Balaban J connectivity index is 2.67. The molecule has 19 heavy (non-hydrogen) atoms. The van der Waals surface area contributed by atoms with Gasteiger partial charge in [-0.3, -0.25) is 9.69 Å². The minimum absolute atomic E-state index is 0.131. The average Bonchev–Trinajstić information content (AvgIpc) is 2.72. The molecule has 0 bridgehead atoms. The van der Waals surface area contributed by atoms with Gasteiger partial charge in [-0.2, -0.15) is 0 Å². The second-order valence-corrected chi connectivity index (χ2v) is 5.92. The normalized spacial score (nSPS) is 10.6. The molecule has 0 aliphatic rings. The second kappa shape index (κ2) is 7.95. The summed E-state index contributed by atoms with van der Waals surface area (Å²) >= 11 is 1.58. The second-order valence-electron chi connectivity index (χ2n) is 4.76. The van der Waals surface area contributed by atoms with Crippen molar-refractivity contribution in [3.8, 4) is 11.8 Å². The summed E-state index contributed by atoms with van der Waals surface area (Å²) in [6.45, 7) is 5.90. The van der Waals surface area contributed by atoms with E-state index in [0.29, 0.717) is 12.5 Å². The molecule has 1 heterocycles. The lowest BCUT2D eigenvalue weighted by molar-refractivity contribution is -0.119. The third-order valence-electron chi connectivity index (χ3n) is 2.33. The third kappa shape index (κ3) is 6.39. The molecule has 0 radical (unpaired) electrons. The van der Waals surface area contributed by atoms with Crippen molar-refractivity contribution >= 4 is 17.2 Å². The molecule has 0 spiro atoms. The van der Waals surface area contributed by atoms with Crippen LogP contribution >= 0.6 is 11.3 Å². The molecule has 0 aromatic carbocycles. The van der Waals surface area contributed by atoms with E-state index in [-0.39, 0.29) is 19.1 Å². The Morgan fingerprint density at radius 2 is 2.26 bits per heavy atom. The largest absolute Gasteiger partial charge is 0.384 e. The molecule has 1 rings (SSSR count). The quantitative estimate of drug-likeness (QED) is 0.765. The maximum atomic E-state index is 11.1. The van der Waals surface area contributed by atoms with Crippen LogP contribution in [-0.2, 0) is 11.3 Å². The summed E-state index contributed by atoms with van der Waals surface area (Å²) in [7, 11) is 0. The number of aliphatic hydroxyl groups excluding tert-OH is 1. The van der Waals surface area contributed by atoms with Crippen LogP contribution in [0.4, 0.5) is 0 Å². The zero-order valence-corrected chi connectivity index (χ0v) is 12.2. The molecule has 0 fully saturated rings. The molecule has 1 aromatic rings. The molecule has 3 N–H and O–H groups in total. The van der Waals surface area contributed by atoms with Gasteiger partial charge in [0, 0.05) is 18.0 Å². The predicted octanol–water partition coefficient (Wildman–Crippen LogP) is 1.04. The van der Waals surface area contributed by atoms with Crippen molar-refractivity contribution in [2.45, 2.75) is 20.4 Å². The van der Waals surface area contributed by atoms with Crippen LogP contribution < -0.4 is 5.73 Å². The standard InChI is InChI=1S/C14H20N2O2S/c1-11(2)8-16(10-14(15)18)9-13-6-5-12(19-13)4-3-7-17/h5-6,11,17H,7-10H2,1-2H3,(H2,15,18). The minimum atomic E-state index is -0.308. The van der Waals surface area contributed by atoms with Crippen LogP contribution in [0, 0.1) is 17.8 Å². The van der Waals surface area contributed by atoms with Gasteiger partial charge in [-0.15, -0.1) is 11.3 Å². The van der Waals surface area contributed by atoms with Crippen LogP contribution in [0.3, 0.4) is 0 Å². The lowest BCUT2D eigenvalue weighted by Gasteiger charge is -2.21. The summed E-state index contributed by atoms with van der Waals surface area (Å²) < 4.78 is 0. The van der Waals surface area contributed by atoms with Crippen LogP contribution in [0.2, 0.25) is 0 Å². The number of hydrogen-bond donors (Lipinski definition) is 2. The molecule has 0 atom stereocenters. The first-order valence-electron chi connectivity index (χ1n) is 6.20. The van der Waals surface area contributed by atoms with Crippen molar-refractivity contribution in [3.63, 3.8) is 0 Å². The van der Waals surface area contributed by atoms with Crippen molar-refractivity contribution in [3.05, 3.63) is 21.9 Å². The SMILES string of the molecule is CC(C)CN(CC(N)=O)Cc1ccc(C#CCO)s1. The smallest absolute Gasteiger partial charge is 0.231 e. The topological polar surface area (TPSA) is 66.6 Å². The van der Waals surface area contributed by atoms with E-state index < -0.39 is 0 Å². The lowest BCUT2D eigenvalue weighted by atomic mass is 10.2. The summed E-state index contributed by atoms with van der Waals surface area (Å²) in [6.07, 6.45) is 0. The first-order chi connectivity index (χ1) is 9.01. The van der Waals surface area contributed by atoms with E-state index in [1.165, 1.54) is 0 Å². The average molecular weight is 280 g/mol. The molecule has 104 valence electrons.